The summed E-state index contributed by atoms with van der Waals surface area (Å²) in [5.74, 6) is -0.376. The molecule has 1 aromatic heterocycles. The van der Waals surface area contributed by atoms with Gasteiger partial charge in [0.25, 0.3) is 0 Å². The van der Waals surface area contributed by atoms with E-state index in [2.05, 4.69) is 20.9 Å². The number of hydrogen-bond acceptors (Lipinski definition) is 5. The molecule has 3 unspecified atom stereocenters. The summed E-state index contributed by atoms with van der Waals surface area (Å²) in [5.41, 5.74) is -1.37. The highest BCUT2D eigenvalue weighted by Gasteiger charge is 2.60. The molecule has 1 saturated carbocycles. The van der Waals surface area contributed by atoms with Crippen molar-refractivity contribution in [1.29, 1.82) is 0 Å². The highest BCUT2D eigenvalue weighted by atomic mass is 79.9. The molecule has 2 bridgehead atoms. The molecule has 1 aliphatic carbocycles. The number of piperidine rings is 1. The zero-order valence-electron chi connectivity index (χ0n) is 15.4. The molecule has 8 nitrogen and oxygen atoms in total. The second-order valence-electron chi connectivity index (χ2n) is 7.99. The van der Waals surface area contributed by atoms with E-state index < -0.39 is 23.8 Å². The summed E-state index contributed by atoms with van der Waals surface area (Å²) < 4.78 is 13.9. The number of fused-ring (bicyclic) bond motifs is 2. The molecule has 1 amide bonds. The van der Waals surface area contributed by atoms with Crippen molar-refractivity contribution in [3.8, 4) is 0 Å². The van der Waals surface area contributed by atoms with Crippen molar-refractivity contribution >= 4 is 28.0 Å². The normalized spacial score (nSPS) is 27.8. The minimum absolute atomic E-state index is 0.0348. The minimum Gasteiger partial charge on any atom is -0.480 e. The lowest BCUT2D eigenvalue weighted by Crippen LogP contribution is -2.50. The summed E-state index contributed by atoms with van der Waals surface area (Å²) in [6, 6.07) is -0.0564. The van der Waals surface area contributed by atoms with E-state index in [4.69, 9.17) is 14.6 Å². The molecule has 0 aromatic carbocycles. The van der Waals surface area contributed by atoms with Gasteiger partial charge in [-0.3, -0.25) is 0 Å². The Labute approximate surface area is 160 Å². The Kier molecular flexibility index (Phi) is 4.81. The van der Waals surface area contributed by atoms with E-state index in [0.717, 1.165) is 6.42 Å². The predicted molar refractivity (Wildman–Crippen MR) is 95.6 cm³/mol. The topological polar surface area (TPSA) is 93.9 Å². The standard InChI is InChI=1S/C17H24BrN3O5/c1-16(2,3)26-15(24)21-7-10-5-11(21)6-17(10,25-9-13(22)23)14-19-12(18)8-20(14)4/h8,10-11H,5-7,9H2,1-4H3,(H,22,23). The van der Waals surface area contributed by atoms with Gasteiger partial charge in [-0.15, -0.1) is 0 Å². The molecule has 2 fully saturated rings. The molecule has 9 heteroatoms. The number of likely N-dealkylation sites (tertiary alicyclic amines) is 1. The van der Waals surface area contributed by atoms with Crippen LogP contribution in [-0.4, -0.2) is 56.4 Å². The van der Waals surface area contributed by atoms with Crippen molar-refractivity contribution in [1.82, 2.24) is 14.5 Å². The van der Waals surface area contributed by atoms with Gasteiger partial charge in [0, 0.05) is 38.2 Å². The van der Waals surface area contributed by atoms with Gasteiger partial charge >= 0.3 is 12.1 Å². The van der Waals surface area contributed by atoms with E-state index in [9.17, 15) is 9.59 Å². The van der Waals surface area contributed by atoms with Gasteiger partial charge in [-0.2, -0.15) is 0 Å². The quantitative estimate of drug-likeness (QED) is 0.789. The highest BCUT2D eigenvalue weighted by molar-refractivity contribution is 9.10. The number of ether oxygens (including phenoxy) is 2. The molecular formula is C17H24BrN3O5. The molecule has 2 heterocycles. The number of carboxylic acid groups (broad SMARTS) is 1. The number of carbonyl (C=O) groups is 2. The van der Waals surface area contributed by atoms with Crippen LogP contribution in [0, 0.1) is 5.92 Å². The number of amides is 1. The number of aromatic nitrogens is 2. The Morgan fingerprint density at radius 2 is 2.15 bits per heavy atom. The monoisotopic (exact) mass is 429 g/mol. The smallest absolute Gasteiger partial charge is 0.410 e. The van der Waals surface area contributed by atoms with Gasteiger partial charge in [0.05, 0.1) is 0 Å². The van der Waals surface area contributed by atoms with Crippen LogP contribution in [0.3, 0.4) is 0 Å². The molecule has 1 N–H and O–H groups in total. The Hall–Kier alpha value is -1.61. The van der Waals surface area contributed by atoms with E-state index in [-0.39, 0.29) is 18.1 Å². The Morgan fingerprint density at radius 1 is 1.46 bits per heavy atom. The number of nitrogens with zero attached hydrogens (tertiary/aromatic N) is 3. The lowest BCUT2D eigenvalue weighted by Gasteiger charge is -2.40. The maximum Gasteiger partial charge on any atom is 0.410 e. The first-order chi connectivity index (χ1) is 12.0. The molecule has 1 saturated heterocycles. The van der Waals surface area contributed by atoms with Crippen LogP contribution in [0.5, 0.6) is 0 Å². The number of carbonyl (C=O) groups excluding carboxylic acids is 1. The van der Waals surface area contributed by atoms with Crippen LogP contribution >= 0.6 is 15.9 Å². The van der Waals surface area contributed by atoms with Gasteiger partial charge in [-0.05, 0) is 43.1 Å². The van der Waals surface area contributed by atoms with E-state index in [1.807, 2.05) is 38.6 Å². The molecule has 2 aliphatic rings. The fourth-order valence-electron chi connectivity index (χ4n) is 4.04. The molecule has 1 aliphatic heterocycles. The predicted octanol–water partition coefficient (Wildman–Crippen LogP) is 2.51. The van der Waals surface area contributed by atoms with E-state index in [1.165, 1.54) is 0 Å². The van der Waals surface area contributed by atoms with E-state index in [1.54, 1.807) is 4.90 Å². The van der Waals surface area contributed by atoms with E-state index in [0.29, 0.717) is 23.4 Å². The average molecular weight is 430 g/mol. The third-order valence-corrected chi connectivity index (χ3v) is 5.30. The number of carboxylic acids is 1. The second-order valence-corrected chi connectivity index (χ2v) is 8.81. The molecular weight excluding hydrogens is 406 g/mol. The summed E-state index contributed by atoms with van der Waals surface area (Å²) >= 11 is 3.37. The summed E-state index contributed by atoms with van der Waals surface area (Å²) in [7, 11) is 1.86. The van der Waals surface area contributed by atoms with Crippen molar-refractivity contribution in [2.75, 3.05) is 13.2 Å². The van der Waals surface area contributed by atoms with Crippen LogP contribution in [0.15, 0.2) is 10.8 Å². The number of aryl methyl sites for hydroxylation is 1. The average Bonchev–Trinajstić information content (AvgIpc) is 3.15. The summed E-state index contributed by atoms with van der Waals surface area (Å²) in [5, 5.41) is 9.10. The number of imidazole rings is 1. The molecule has 0 radical (unpaired) electrons. The maximum atomic E-state index is 12.5. The zero-order valence-corrected chi connectivity index (χ0v) is 16.9. The SMILES string of the molecule is Cn1cc(Br)nc1C1(OCC(=O)O)CC2CC1CN2C(=O)OC(C)(C)C. The Bertz CT molecular complexity index is 728. The molecule has 0 spiro atoms. The van der Waals surface area contributed by atoms with Gasteiger partial charge in [-0.1, -0.05) is 0 Å². The van der Waals surface area contributed by atoms with Gasteiger partial charge in [0.15, 0.2) is 0 Å². The fraction of sp³-hybridized carbons (Fsp3) is 0.706. The number of hydrogen-bond donors (Lipinski definition) is 1. The van der Waals surface area contributed by atoms with Crippen molar-refractivity contribution < 1.29 is 24.2 Å². The van der Waals surface area contributed by atoms with Crippen LogP contribution < -0.4 is 0 Å². The van der Waals surface area contributed by atoms with Crippen LogP contribution in [0.2, 0.25) is 0 Å². The van der Waals surface area contributed by atoms with Crippen LogP contribution in [0.4, 0.5) is 4.79 Å². The lowest BCUT2D eigenvalue weighted by atomic mass is 9.87. The highest BCUT2D eigenvalue weighted by Crippen LogP contribution is 2.53. The van der Waals surface area contributed by atoms with Crippen LogP contribution in [0.25, 0.3) is 0 Å². The zero-order chi connectivity index (χ0) is 19.3. The molecule has 144 valence electrons. The minimum atomic E-state index is -1.02. The molecule has 1 aromatic rings. The fourth-order valence-corrected chi connectivity index (χ4v) is 4.51. The van der Waals surface area contributed by atoms with Gasteiger partial charge < -0.3 is 24.0 Å². The Balaban J connectivity index is 1.85. The number of aliphatic carboxylic acids is 1. The molecule has 26 heavy (non-hydrogen) atoms. The summed E-state index contributed by atoms with van der Waals surface area (Å²) in [6.45, 7) is 5.57. The van der Waals surface area contributed by atoms with Crippen molar-refractivity contribution in [2.45, 2.75) is 50.9 Å². The first-order valence-electron chi connectivity index (χ1n) is 8.56. The van der Waals surface area contributed by atoms with Crippen LogP contribution in [0.1, 0.15) is 39.4 Å². The van der Waals surface area contributed by atoms with Crippen molar-refractivity contribution in [3.05, 3.63) is 16.6 Å². The van der Waals surface area contributed by atoms with E-state index >= 15 is 0 Å². The van der Waals surface area contributed by atoms with Gasteiger partial charge in [0.2, 0.25) is 0 Å². The second kappa shape index (κ2) is 6.53. The summed E-state index contributed by atoms with van der Waals surface area (Å²) in [6.07, 6.45) is 2.72. The first-order valence-corrected chi connectivity index (χ1v) is 9.36. The van der Waals surface area contributed by atoms with Crippen molar-refractivity contribution in [3.63, 3.8) is 0 Å². The maximum absolute atomic E-state index is 12.5. The number of halogens is 1. The lowest BCUT2D eigenvalue weighted by molar-refractivity contribution is -0.158. The van der Waals surface area contributed by atoms with Gasteiger partial charge in [0.1, 0.15) is 28.2 Å². The van der Waals surface area contributed by atoms with Gasteiger partial charge in [-0.25, -0.2) is 14.6 Å². The Morgan fingerprint density at radius 3 is 2.62 bits per heavy atom. The largest absolute Gasteiger partial charge is 0.480 e. The molecule has 3 atom stereocenters. The third-order valence-electron chi connectivity index (χ3n) is 4.92. The van der Waals surface area contributed by atoms with Crippen molar-refractivity contribution in [2.24, 2.45) is 13.0 Å². The summed E-state index contributed by atoms with van der Waals surface area (Å²) in [4.78, 5) is 29.8. The third kappa shape index (κ3) is 3.46. The first kappa shape index (κ1) is 19.2. The molecule has 3 rings (SSSR count). The van der Waals surface area contributed by atoms with Crippen LogP contribution in [-0.2, 0) is 26.9 Å². The number of rotatable bonds is 4.